The first-order chi connectivity index (χ1) is 14.0. The molecule has 2 aliphatic rings. The molecule has 0 unspecified atom stereocenters. The van der Waals surface area contributed by atoms with Crippen molar-refractivity contribution < 1.29 is 23.9 Å². The molecule has 0 spiro atoms. The number of nitrogens with zero attached hydrogens (tertiary/aromatic N) is 1. The predicted octanol–water partition coefficient (Wildman–Crippen LogP) is 0.922. The number of nitrogens with one attached hydrogen (secondary N) is 2. The van der Waals surface area contributed by atoms with Gasteiger partial charge in [-0.1, -0.05) is 18.2 Å². The standard InChI is InChI=1S/C20H25N3O5S/c1-13-5-2-3-7-15(13)18(25)22-20(29)23-9-8-21-19(26)16(23)11-17(24)28-12-14-6-4-10-27-14/h2-3,5,7,14,16H,4,6,8-12H2,1H3,(H,21,26)(H,22,25,29)/t14-,16-/m0/s1. The van der Waals surface area contributed by atoms with Gasteiger partial charge < -0.3 is 19.7 Å². The fourth-order valence-corrected chi connectivity index (χ4v) is 3.71. The maximum absolute atomic E-state index is 12.5. The van der Waals surface area contributed by atoms with Gasteiger partial charge in [0.05, 0.1) is 12.5 Å². The number of hydrogen-bond acceptors (Lipinski definition) is 6. The number of ether oxygens (including phenoxy) is 2. The van der Waals surface area contributed by atoms with E-state index in [1.54, 1.807) is 17.0 Å². The third-order valence-electron chi connectivity index (χ3n) is 5.02. The molecule has 2 fully saturated rings. The van der Waals surface area contributed by atoms with Crippen LogP contribution in [0.2, 0.25) is 0 Å². The van der Waals surface area contributed by atoms with Crippen LogP contribution in [0.15, 0.2) is 24.3 Å². The zero-order chi connectivity index (χ0) is 20.8. The van der Waals surface area contributed by atoms with Crippen molar-refractivity contribution in [1.82, 2.24) is 15.5 Å². The van der Waals surface area contributed by atoms with Gasteiger partial charge in [-0.3, -0.25) is 19.7 Å². The van der Waals surface area contributed by atoms with Gasteiger partial charge in [-0.25, -0.2) is 0 Å². The quantitative estimate of drug-likeness (QED) is 0.541. The molecule has 3 rings (SSSR count). The van der Waals surface area contributed by atoms with E-state index in [9.17, 15) is 14.4 Å². The summed E-state index contributed by atoms with van der Waals surface area (Å²) in [5.41, 5.74) is 1.32. The van der Waals surface area contributed by atoms with Crippen molar-refractivity contribution >= 4 is 35.1 Å². The molecule has 1 aromatic rings. The molecule has 2 heterocycles. The minimum absolute atomic E-state index is 0.0790. The Kier molecular flexibility index (Phi) is 7.16. The van der Waals surface area contributed by atoms with E-state index < -0.39 is 12.0 Å². The maximum atomic E-state index is 12.5. The first kappa shape index (κ1) is 21.2. The summed E-state index contributed by atoms with van der Waals surface area (Å²) in [6.07, 6.45) is 1.58. The zero-order valence-electron chi connectivity index (χ0n) is 16.3. The van der Waals surface area contributed by atoms with Gasteiger partial charge in [-0.2, -0.15) is 0 Å². The predicted molar refractivity (Wildman–Crippen MR) is 109 cm³/mol. The molecule has 2 atom stereocenters. The first-order valence-electron chi connectivity index (χ1n) is 9.68. The molecule has 0 radical (unpaired) electrons. The molecule has 2 aliphatic heterocycles. The van der Waals surface area contributed by atoms with Crippen LogP contribution < -0.4 is 10.6 Å². The van der Waals surface area contributed by atoms with E-state index in [2.05, 4.69) is 10.6 Å². The Balaban J connectivity index is 1.60. The molecule has 0 bridgehead atoms. The second-order valence-corrected chi connectivity index (χ2v) is 7.48. The Morgan fingerprint density at radius 3 is 2.90 bits per heavy atom. The molecule has 0 aliphatic carbocycles. The zero-order valence-corrected chi connectivity index (χ0v) is 17.1. The number of piperazine rings is 1. The summed E-state index contributed by atoms with van der Waals surface area (Å²) in [5, 5.41) is 5.52. The summed E-state index contributed by atoms with van der Waals surface area (Å²) in [6, 6.07) is 6.32. The molecule has 9 heteroatoms. The Bertz CT molecular complexity index is 794. The monoisotopic (exact) mass is 419 g/mol. The summed E-state index contributed by atoms with van der Waals surface area (Å²) in [5.74, 6) is -1.17. The van der Waals surface area contributed by atoms with Crippen LogP contribution in [0, 0.1) is 6.92 Å². The van der Waals surface area contributed by atoms with Gasteiger partial charge in [0.15, 0.2) is 5.11 Å². The largest absolute Gasteiger partial charge is 0.463 e. The van der Waals surface area contributed by atoms with Gasteiger partial charge in [0.2, 0.25) is 5.91 Å². The van der Waals surface area contributed by atoms with E-state index >= 15 is 0 Å². The number of hydrogen-bond donors (Lipinski definition) is 2. The lowest BCUT2D eigenvalue weighted by Gasteiger charge is -2.36. The lowest BCUT2D eigenvalue weighted by atomic mass is 10.1. The molecule has 8 nitrogen and oxygen atoms in total. The SMILES string of the molecule is Cc1ccccc1C(=O)NC(=S)N1CCNC(=O)[C@@H]1CC(=O)OC[C@@H]1CCCO1. The van der Waals surface area contributed by atoms with E-state index in [1.165, 1.54) is 0 Å². The molecule has 2 N–H and O–H groups in total. The fraction of sp³-hybridized carbons (Fsp3) is 0.500. The van der Waals surface area contributed by atoms with E-state index in [1.807, 2.05) is 19.1 Å². The minimum Gasteiger partial charge on any atom is -0.463 e. The number of amides is 2. The van der Waals surface area contributed by atoms with Crippen LogP contribution in [0.4, 0.5) is 0 Å². The van der Waals surface area contributed by atoms with Gasteiger partial charge in [-0.05, 0) is 43.6 Å². The number of thiocarbonyl (C=S) groups is 1. The van der Waals surface area contributed by atoms with Gasteiger partial charge in [0.25, 0.3) is 5.91 Å². The highest BCUT2D eigenvalue weighted by molar-refractivity contribution is 7.80. The summed E-state index contributed by atoms with van der Waals surface area (Å²) < 4.78 is 10.7. The van der Waals surface area contributed by atoms with Crippen LogP contribution in [-0.4, -0.2) is 66.2 Å². The van der Waals surface area contributed by atoms with E-state index in [0.29, 0.717) is 25.3 Å². The van der Waals surface area contributed by atoms with Crippen LogP contribution in [0.25, 0.3) is 0 Å². The van der Waals surface area contributed by atoms with Crippen molar-refractivity contribution in [3.63, 3.8) is 0 Å². The second kappa shape index (κ2) is 9.80. The molecule has 2 amide bonds. The molecule has 0 saturated carbocycles. The van der Waals surface area contributed by atoms with Crippen molar-refractivity contribution in [1.29, 1.82) is 0 Å². The number of esters is 1. The first-order valence-corrected chi connectivity index (χ1v) is 10.1. The van der Waals surface area contributed by atoms with Crippen LogP contribution in [0.5, 0.6) is 0 Å². The highest BCUT2D eigenvalue weighted by atomic mass is 32.1. The number of aryl methyl sites for hydroxylation is 1. The van der Waals surface area contributed by atoms with Crippen LogP contribution >= 0.6 is 12.2 Å². The van der Waals surface area contributed by atoms with Gasteiger partial charge in [-0.15, -0.1) is 0 Å². The number of carbonyl (C=O) groups excluding carboxylic acids is 3. The molecule has 156 valence electrons. The van der Waals surface area contributed by atoms with Gasteiger partial charge in [0, 0.05) is 25.3 Å². The Morgan fingerprint density at radius 2 is 2.17 bits per heavy atom. The maximum Gasteiger partial charge on any atom is 0.308 e. The Morgan fingerprint density at radius 1 is 1.38 bits per heavy atom. The van der Waals surface area contributed by atoms with Crippen LogP contribution in [0.3, 0.4) is 0 Å². The topological polar surface area (TPSA) is 97.0 Å². The number of rotatable bonds is 5. The highest BCUT2D eigenvalue weighted by Gasteiger charge is 2.34. The molecular formula is C20H25N3O5S. The van der Waals surface area contributed by atoms with E-state index in [-0.39, 0.29) is 36.1 Å². The molecule has 29 heavy (non-hydrogen) atoms. The molecule has 2 saturated heterocycles. The highest BCUT2D eigenvalue weighted by Crippen LogP contribution is 2.15. The lowest BCUT2D eigenvalue weighted by Crippen LogP contribution is -2.60. The second-order valence-electron chi connectivity index (χ2n) is 7.10. The molecule has 0 aromatic heterocycles. The van der Waals surface area contributed by atoms with Crippen molar-refractivity contribution in [2.45, 2.75) is 38.3 Å². The molecule has 1 aromatic carbocycles. The number of benzene rings is 1. The summed E-state index contributed by atoms with van der Waals surface area (Å²) in [7, 11) is 0. The van der Waals surface area contributed by atoms with E-state index in [0.717, 1.165) is 18.4 Å². The van der Waals surface area contributed by atoms with Crippen LogP contribution in [0.1, 0.15) is 35.2 Å². The Labute approximate surface area is 174 Å². The van der Waals surface area contributed by atoms with Crippen LogP contribution in [-0.2, 0) is 19.1 Å². The van der Waals surface area contributed by atoms with E-state index in [4.69, 9.17) is 21.7 Å². The number of carbonyl (C=O) groups is 3. The smallest absolute Gasteiger partial charge is 0.308 e. The third kappa shape index (κ3) is 5.51. The minimum atomic E-state index is -0.828. The summed E-state index contributed by atoms with van der Waals surface area (Å²) in [6.45, 7) is 3.46. The van der Waals surface area contributed by atoms with Crippen molar-refractivity contribution in [3.8, 4) is 0 Å². The normalized spacial score (nSPS) is 21.4. The lowest BCUT2D eigenvalue weighted by molar-refractivity contribution is -0.150. The molecular weight excluding hydrogens is 394 g/mol. The van der Waals surface area contributed by atoms with Crippen molar-refractivity contribution in [3.05, 3.63) is 35.4 Å². The summed E-state index contributed by atoms with van der Waals surface area (Å²) in [4.78, 5) is 38.7. The summed E-state index contributed by atoms with van der Waals surface area (Å²) >= 11 is 5.37. The van der Waals surface area contributed by atoms with Gasteiger partial charge in [0.1, 0.15) is 12.6 Å². The average Bonchev–Trinajstić information content (AvgIpc) is 3.22. The Hall–Kier alpha value is -2.52. The van der Waals surface area contributed by atoms with Crippen molar-refractivity contribution in [2.75, 3.05) is 26.3 Å². The van der Waals surface area contributed by atoms with Crippen molar-refractivity contribution in [2.24, 2.45) is 0 Å². The average molecular weight is 420 g/mol. The fourth-order valence-electron chi connectivity index (χ4n) is 3.40. The van der Waals surface area contributed by atoms with Gasteiger partial charge >= 0.3 is 5.97 Å². The third-order valence-corrected chi connectivity index (χ3v) is 5.35.